The first kappa shape index (κ1) is 20.5. The second kappa shape index (κ2) is 9.22. The Kier molecular flexibility index (Phi) is 7.27. The van der Waals surface area contributed by atoms with Gasteiger partial charge in [-0.15, -0.1) is 0 Å². The maximum atomic E-state index is 13.1. The molecule has 6 nitrogen and oxygen atoms in total. The molecule has 0 aliphatic rings. The standard InChI is InChI=1S/C17H18BrFN2O4S/c18-13-4-6-15(7-5-13)26(24,25)21-9-8-17(23)20-11-16(22)12-2-1-3-14(19)10-12/h1-7,10,16,21-22H,8-9,11H2,(H,20,23). The van der Waals surface area contributed by atoms with Crippen molar-refractivity contribution in [3.8, 4) is 0 Å². The maximum absolute atomic E-state index is 13.1. The Morgan fingerprint density at radius 3 is 2.54 bits per heavy atom. The zero-order valence-corrected chi connectivity index (χ0v) is 16.1. The number of hydrogen-bond donors (Lipinski definition) is 3. The van der Waals surface area contributed by atoms with Gasteiger partial charge in [-0.25, -0.2) is 17.5 Å². The van der Waals surface area contributed by atoms with Crippen LogP contribution in [-0.4, -0.2) is 32.5 Å². The number of rotatable bonds is 8. The lowest BCUT2D eigenvalue weighted by Crippen LogP contribution is -2.32. The number of hydrogen-bond acceptors (Lipinski definition) is 4. The largest absolute Gasteiger partial charge is 0.387 e. The maximum Gasteiger partial charge on any atom is 0.240 e. The van der Waals surface area contributed by atoms with E-state index in [4.69, 9.17) is 0 Å². The molecule has 0 radical (unpaired) electrons. The predicted octanol–water partition coefficient (Wildman–Crippen LogP) is 2.11. The lowest BCUT2D eigenvalue weighted by atomic mass is 10.1. The lowest BCUT2D eigenvalue weighted by molar-refractivity contribution is -0.121. The van der Waals surface area contributed by atoms with Gasteiger partial charge in [0.2, 0.25) is 15.9 Å². The van der Waals surface area contributed by atoms with E-state index in [1.54, 1.807) is 18.2 Å². The summed E-state index contributed by atoms with van der Waals surface area (Å²) in [4.78, 5) is 11.9. The van der Waals surface area contributed by atoms with Gasteiger partial charge < -0.3 is 10.4 Å². The minimum Gasteiger partial charge on any atom is -0.387 e. The average molecular weight is 445 g/mol. The fraction of sp³-hybridized carbons (Fsp3) is 0.235. The predicted molar refractivity (Wildman–Crippen MR) is 98.3 cm³/mol. The topological polar surface area (TPSA) is 95.5 Å². The number of sulfonamides is 1. The molecular formula is C17H18BrFN2O4S. The Bertz CT molecular complexity index is 859. The number of amides is 1. The minimum atomic E-state index is -3.69. The summed E-state index contributed by atoms with van der Waals surface area (Å²) in [6.07, 6.45) is -1.14. The molecule has 3 N–H and O–H groups in total. The molecule has 0 spiro atoms. The molecule has 2 aromatic carbocycles. The third-order valence-electron chi connectivity index (χ3n) is 3.49. The van der Waals surface area contributed by atoms with E-state index in [2.05, 4.69) is 26.0 Å². The first-order valence-electron chi connectivity index (χ1n) is 7.73. The monoisotopic (exact) mass is 444 g/mol. The van der Waals surface area contributed by atoms with Gasteiger partial charge in [-0.3, -0.25) is 4.79 Å². The Hall–Kier alpha value is -1.81. The van der Waals surface area contributed by atoms with Gasteiger partial charge in [0.05, 0.1) is 11.0 Å². The van der Waals surface area contributed by atoms with Crippen LogP contribution in [-0.2, 0) is 14.8 Å². The zero-order chi connectivity index (χ0) is 19.2. The van der Waals surface area contributed by atoms with E-state index in [1.807, 2.05) is 0 Å². The SMILES string of the molecule is O=C(CCNS(=O)(=O)c1ccc(Br)cc1)NCC(O)c1cccc(F)c1. The van der Waals surface area contributed by atoms with Crippen LogP contribution in [0.4, 0.5) is 4.39 Å². The van der Waals surface area contributed by atoms with Crippen LogP contribution in [0.2, 0.25) is 0 Å². The second-order valence-corrected chi connectivity index (χ2v) is 8.16. The normalized spacial score (nSPS) is 12.6. The Morgan fingerprint density at radius 1 is 1.19 bits per heavy atom. The van der Waals surface area contributed by atoms with Crippen LogP contribution in [0, 0.1) is 5.82 Å². The molecule has 0 saturated carbocycles. The third kappa shape index (κ3) is 6.17. The summed E-state index contributed by atoms with van der Waals surface area (Å²) in [5.41, 5.74) is 0.348. The molecule has 1 amide bonds. The quantitative estimate of drug-likeness (QED) is 0.580. The molecule has 2 rings (SSSR count). The van der Waals surface area contributed by atoms with Crippen molar-refractivity contribution >= 4 is 31.9 Å². The van der Waals surface area contributed by atoms with Crippen LogP contribution in [0.5, 0.6) is 0 Å². The van der Waals surface area contributed by atoms with Crippen molar-refractivity contribution in [2.45, 2.75) is 17.4 Å². The van der Waals surface area contributed by atoms with Crippen LogP contribution < -0.4 is 10.0 Å². The highest BCUT2D eigenvalue weighted by Crippen LogP contribution is 2.15. The van der Waals surface area contributed by atoms with E-state index >= 15 is 0 Å². The summed E-state index contributed by atoms with van der Waals surface area (Å²) in [5, 5.41) is 12.4. The molecule has 9 heteroatoms. The highest BCUT2D eigenvalue weighted by molar-refractivity contribution is 9.10. The van der Waals surface area contributed by atoms with Gasteiger partial charge in [-0.1, -0.05) is 28.1 Å². The lowest BCUT2D eigenvalue weighted by Gasteiger charge is -2.12. The van der Waals surface area contributed by atoms with Gasteiger partial charge in [0, 0.05) is 24.0 Å². The van der Waals surface area contributed by atoms with Gasteiger partial charge in [-0.2, -0.15) is 0 Å². The minimum absolute atomic E-state index is 0.0830. The van der Waals surface area contributed by atoms with Gasteiger partial charge in [0.1, 0.15) is 5.82 Å². The number of nitrogens with one attached hydrogen (secondary N) is 2. The smallest absolute Gasteiger partial charge is 0.240 e. The van der Waals surface area contributed by atoms with Crippen molar-refractivity contribution in [2.24, 2.45) is 0 Å². The molecule has 1 atom stereocenters. The number of aliphatic hydroxyl groups excluding tert-OH is 1. The van der Waals surface area contributed by atoms with E-state index in [-0.39, 0.29) is 24.4 Å². The Labute approximate surface area is 159 Å². The molecular weight excluding hydrogens is 427 g/mol. The highest BCUT2D eigenvalue weighted by atomic mass is 79.9. The van der Waals surface area contributed by atoms with Crippen molar-refractivity contribution in [1.29, 1.82) is 0 Å². The summed E-state index contributed by atoms with van der Waals surface area (Å²) in [6, 6.07) is 11.6. The van der Waals surface area contributed by atoms with Crippen LogP contribution >= 0.6 is 15.9 Å². The first-order valence-corrected chi connectivity index (χ1v) is 10.0. The van der Waals surface area contributed by atoms with E-state index in [9.17, 15) is 22.7 Å². The number of carbonyl (C=O) groups is 1. The van der Waals surface area contributed by atoms with E-state index in [1.165, 1.54) is 30.3 Å². The van der Waals surface area contributed by atoms with Gasteiger partial charge in [-0.05, 0) is 42.0 Å². The number of aliphatic hydroxyl groups is 1. The van der Waals surface area contributed by atoms with Crippen molar-refractivity contribution in [3.05, 3.63) is 64.4 Å². The average Bonchev–Trinajstić information content (AvgIpc) is 2.60. The third-order valence-corrected chi connectivity index (χ3v) is 5.50. The first-order chi connectivity index (χ1) is 12.3. The molecule has 2 aromatic rings. The molecule has 0 fully saturated rings. The van der Waals surface area contributed by atoms with E-state index in [0.717, 1.165) is 4.47 Å². The van der Waals surface area contributed by atoms with Crippen LogP contribution in [0.3, 0.4) is 0 Å². The number of carbonyl (C=O) groups excluding carboxylic acids is 1. The summed E-state index contributed by atoms with van der Waals surface area (Å²) in [7, 11) is -3.69. The molecule has 0 aromatic heterocycles. The van der Waals surface area contributed by atoms with Crippen molar-refractivity contribution in [1.82, 2.24) is 10.0 Å². The molecule has 0 heterocycles. The highest BCUT2D eigenvalue weighted by Gasteiger charge is 2.15. The van der Waals surface area contributed by atoms with Crippen LogP contribution in [0.1, 0.15) is 18.1 Å². The van der Waals surface area contributed by atoms with Crippen molar-refractivity contribution in [3.63, 3.8) is 0 Å². The summed E-state index contributed by atoms with van der Waals surface area (Å²) in [6.45, 7) is -0.179. The summed E-state index contributed by atoms with van der Waals surface area (Å²) in [5.74, 6) is -0.908. The Balaban J connectivity index is 1.77. The second-order valence-electron chi connectivity index (χ2n) is 5.48. The number of halogens is 2. The van der Waals surface area contributed by atoms with Crippen molar-refractivity contribution < 1.29 is 22.7 Å². The fourth-order valence-corrected chi connectivity index (χ4v) is 3.42. The summed E-state index contributed by atoms with van der Waals surface area (Å²) < 4.78 is 40.3. The molecule has 0 bridgehead atoms. The molecule has 26 heavy (non-hydrogen) atoms. The van der Waals surface area contributed by atoms with Gasteiger partial charge in [0.15, 0.2) is 0 Å². The molecule has 140 valence electrons. The van der Waals surface area contributed by atoms with Gasteiger partial charge in [0.25, 0.3) is 0 Å². The Morgan fingerprint density at radius 2 is 1.88 bits per heavy atom. The fourth-order valence-electron chi connectivity index (χ4n) is 2.13. The molecule has 0 aliphatic heterocycles. The van der Waals surface area contributed by atoms with Gasteiger partial charge >= 0.3 is 0 Å². The van der Waals surface area contributed by atoms with E-state index < -0.39 is 27.9 Å². The van der Waals surface area contributed by atoms with Crippen molar-refractivity contribution in [2.75, 3.05) is 13.1 Å². The zero-order valence-electron chi connectivity index (χ0n) is 13.7. The summed E-state index contributed by atoms with van der Waals surface area (Å²) >= 11 is 3.22. The number of benzene rings is 2. The molecule has 1 unspecified atom stereocenters. The van der Waals surface area contributed by atoms with Crippen LogP contribution in [0.15, 0.2) is 57.9 Å². The molecule has 0 saturated heterocycles. The van der Waals surface area contributed by atoms with Crippen LogP contribution in [0.25, 0.3) is 0 Å². The van der Waals surface area contributed by atoms with E-state index in [0.29, 0.717) is 5.56 Å². The molecule has 0 aliphatic carbocycles.